The first-order valence-corrected chi connectivity index (χ1v) is 6.01. The van der Waals surface area contributed by atoms with E-state index in [1.54, 1.807) is 6.07 Å². The van der Waals surface area contributed by atoms with Crippen molar-refractivity contribution in [3.05, 3.63) is 34.4 Å². The molecule has 1 aromatic carbocycles. The maximum atomic E-state index is 11.9. The highest BCUT2D eigenvalue weighted by atomic mass is 35.5. The van der Waals surface area contributed by atoms with Gasteiger partial charge in [0.05, 0.1) is 11.0 Å². The fourth-order valence-corrected chi connectivity index (χ4v) is 1.99. The van der Waals surface area contributed by atoms with Gasteiger partial charge in [-0.2, -0.15) is 0 Å². The quantitative estimate of drug-likeness (QED) is 0.646. The van der Waals surface area contributed by atoms with Gasteiger partial charge in [-0.15, -0.1) is 12.4 Å². The van der Waals surface area contributed by atoms with E-state index in [1.807, 2.05) is 0 Å². The zero-order chi connectivity index (χ0) is 13.8. The van der Waals surface area contributed by atoms with Crippen molar-refractivity contribution in [2.75, 3.05) is 11.9 Å². The Balaban J connectivity index is 0.00000200. The number of rotatable bonds is 4. The summed E-state index contributed by atoms with van der Waals surface area (Å²) in [5.74, 6) is -0.295. The second kappa shape index (κ2) is 7.18. The van der Waals surface area contributed by atoms with Crippen LogP contribution in [-0.4, -0.2) is 29.6 Å². The van der Waals surface area contributed by atoms with E-state index in [2.05, 4.69) is 5.32 Å². The van der Waals surface area contributed by atoms with Gasteiger partial charge in [-0.1, -0.05) is 6.07 Å². The summed E-state index contributed by atoms with van der Waals surface area (Å²) in [5.41, 5.74) is 5.79. The number of hydrogen-bond donors (Lipinski definition) is 2. The van der Waals surface area contributed by atoms with Gasteiger partial charge in [-0.05, 0) is 18.9 Å². The lowest BCUT2D eigenvalue weighted by Crippen LogP contribution is -2.29. The van der Waals surface area contributed by atoms with Crippen LogP contribution in [0.4, 0.5) is 11.4 Å². The van der Waals surface area contributed by atoms with E-state index >= 15 is 0 Å². The molecule has 0 saturated carbocycles. The summed E-state index contributed by atoms with van der Waals surface area (Å²) < 4.78 is 5.45. The lowest BCUT2D eigenvalue weighted by atomic mass is 10.2. The number of nitro benzene ring substituents is 1. The Bertz CT molecular complexity index is 497. The third-order valence-electron chi connectivity index (χ3n) is 2.99. The number of halogens is 1. The molecule has 0 aromatic heterocycles. The van der Waals surface area contributed by atoms with Crippen molar-refractivity contribution < 1.29 is 14.5 Å². The molecule has 1 fully saturated rings. The van der Waals surface area contributed by atoms with Crippen LogP contribution in [0, 0.1) is 10.1 Å². The zero-order valence-corrected chi connectivity index (χ0v) is 11.5. The molecule has 0 radical (unpaired) electrons. The minimum absolute atomic E-state index is 0. The summed E-state index contributed by atoms with van der Waals surface area (Å²) in [6, 6.07) is 5.80. The monoisotopic (exact) mass is 301 g/mol. The third-order valence-corrected chi connectivity index (χ3v) is 2.99. The highest BCUT2D eigenvalue weighted by Crippen LogP contribution is 2.22. The summed E-state index contributed by atoms with van der Waals surface area (Å²) in [6.45, 7) is 0.389. The highest BCUT2D eigenvalue weighted by molar-refractivity contribution is 5.94. The largest absolute Gasteiger partial charge is 0.364 e. The molecule has 1 heterocycles. The van der Waals surface area contributed by atoms with E-state index in [-0.39, 0.29) is 30.1 Å². The smallest absolute Gasteiger partial charge is 0.271 e. The van der Waals surface area contributed by atoms with Crippen LogP contribution in [0.25, 0.3) is 0 Å². The molecule has 7 nitrogen and oxygen atoms in total. The Hall–Kier alpha value is -1.70. The number of carbonyl (C=O) groups is 1. The van der Waals surface area contributed by atoms with E-state index in [9.17, 15) is 14.9 Å². The van der Waals surface area contributed by atoms with Crippen LogP contribution < -0.4 is 11.1 Å². The average molecular weight is 302 g/mol. The normalized spacial score (nSPS) is 21.1. The minimum Gasteiger partial charge on any atom is -0.364 e. The Morgan fingerprint density at radius 3 is 2.85 bits per heavy atom. The molecule has 3 N–H and O–H groups in total. The fourth-order valence-electron chi connectivity index (χ4n) is 1.99. The maximum Gasteiger partial charge on any atom is 0.271 e. The van der Waals surface area contributed by atoms with Gasteiger partial charge in [-0.3, -0.25) is 14.9 Å². The molecule has 0 bridgehead atoms. The molecule has 1 aliphatic rings. The number of amides is 1. The Kier molecular flexibility index (Phi) is 5.87. The van der Waals surface area contributed by atoms with Crippen molar-refractivity contribution in [3.63, 3.8) is 0 Å². The van der Waals surface area contributed by atoms with Gasteiger partial charge in [0.1, 0.15) is 6.10 Å². The van der Waals surface area contributed by atoms with Crippen molar-refractivity contribution in [2.45, 2.75) is 25.0 Å². The number of nitrogens with two attached hydrogens (primary N) is 1. The molecule has 1 aliphatic heterocycles. The van der Waals surface area contributed by atoms with Crippen molar-refractivity contribution in [1.82, 2.24) is 0 Å². The number of ether oxygens (including phenoxy) is 1. The molecule has 8 heteroatoms. The number of carbonyl (C=O) groups excluding carboxylic acids is 1. The van der Waals surface area contributed by atoms with Crippen molar-refractivity contribution in [2.24, 2.45) is 5.73 Å². The van der Waals surface area contributed by atoms with Crippen molar-refractivity contribution in [1.29, 1.82) is 0 Å². The van der Waals surface area contributed by atoms with Crippen molar-refractivity contribution in [3.8, 4) is 0 Å². The number of anilines is 1. The molecule has 2 atom stereocenters. The molecule has 0 spiro atoms. The summed E-state index contributed by atoms with van der Waals surface area (Å²) in [4.78, 5) is 22.0. The van der Waals surface area contributed by atoms with Gasteiger partial charge < -0.3 is 15.8 Å². The van der Waals surface area contributed by atoms with Crippen LogP contribution in [0.3, 0.4) is 0 Å². The van der Waals surface area contributed by atoms with E-state index < -0.39 is 11.0 Å². The van der Waals surface area contributed by atoms with Crippen LogP contribution in [-0.2, 0) is 9.53 Å². The van der Waals surface area contributed by atoms with Crippen LogP contribution in [0.1, 0.15) is 12.8 Å². The Morgan fingerprint density at radius 1 is 1.50 bits per heavy atom. The SMILES string of the molecule is Cl.NC[C@H]1CC[C@@H](C(=O)Nc2cccc([N+](=O)[O-])c2)O1. The number of non-ortho nitro benzene ring substituents is 1. The first-order chi connectivity index (χ1) is 9.10. The summed E-state index contributed by atoms with van der Waals surface area (Å²) in [6.07, 6.45) is 0.750. The van der Waals surface area contributed by atoms with E-state index in [1.165, 1.54) is 18.2 Å². The molecule has 1 aromatic rings. The van der Waals surface area contributed by atoms with E-state index in [0.29, 0.717) is 18.7 Å². The Morgan fingerprint density at radius 2 is 2.25 bits per heavy atom. The zero-order valence-electron chi connectivity index (χ0n) is 10.7. The molecule has 0 unspecified atom stereocenters. The lowest BCUT2D eigenvalue weighted by molar-refractivity contribution is -0.384. The van der Waals surface area contributed by atoms with Crippen molar-refractivity contribution >= 4 is 29.7 Å². The second-order valence-corrected chi connectivity index (χ2v) is 4.36. The predicted octanol–water partition coefficient (Wildman–Crippen LogP) is 1.46. The predicted molar refractivity (Wildman–Crippen MR) is 75.9 cm³/mol. The van der Waals surface area contributed by atoms with Crippen LogP contribution >= 0.6 is 12.4 Å². The van der Waals surface area contributed by atoms with E-state index in [0.717, 1.165) is 6.42 Å². The molecule has 2 rings (SSSR count). The second-order valence-electron chi connectivity index (χ2n) is 4.36. The number of nitrogens with zero attached hydrogens (tertiary/aromatic N) is 1. The first-order valence-electron chi connectivity index (χ1n) is 6.01. The Labute approximate surface area is 122 Å². The first kappa shape index (κ1) is 16.4. The molecule has 0 aliphatic carbocycles. The van der Waals surface area contributed by atoms with Gasteiger partial charge in [-0.25, -0.2) is 0 Å². The molecule has 20 heavy (non-hydrogen) atoms. The number of benzene rings is 1. The van der Waals surface area contributed by atoms with Gasteiger partial charge in [0.25, 0.3) is 11.6 Å². The third kappa shape index (κ3) is 3.89. The molecule has 1 amide bonds. The number of nitrogens with one attached hydrogen (secondary N) is 1. The van der Waals surface area contributed by atoms with Gasteiger partial charge in [0.2, 0.25) is 0 Å². The molecule has 1 saturated heterocycles. The van der Waals surface area contributed by atoms with E-state index in [4.69, 9.17) is 10.5 Å². The van der Waals surface area contributed by atoms with Crippen LogP contribution in [0.15, 0.2) is 24.3 Å². The molecular weight excluding hydrogens is 286 g/mol. The highest BCUT2D eigenvalue weighted by Gasteiger charge is 2.29. The fraction of sp³-hybridized carbons (Fsp3) is 0.417. The number of nitro groups is 1. The van der Waals surface area contributed by atoms with Crippen LogP contribution in [0.5, 0.6) is 0 Å². The molecular formula is C12H16ClN3O4. The lowest BCUT2D eigenvalue weighted by Gasteiger charge is -2.12. The minimum atomic E-state index is -0.534. The van der Waals surface area contributed by atoms with Gasteiger partial charge in [0.15, 0.2) is 0 Å². The molecule has 110 valence electrons. The summed E-state index contributed by atoms with van der Waals surface area (Å²) >= 11 is 0. The number of hydrogen-bond acceptors (Lipinski definition) is 5. The van der Waals surface area contributed by atoms with Gasteiger partial charge in [0, 0.05) is 24.4 Å². The summed E-state index contributed by atoms with van der Waals surface area (Å²) in [5, 5.41) is 13.2. The summed E-state index contributed by atoms with van der Waals surface area (Å²) in [7, 11) is 0. The van der Waals surface area contributed by atoms with Crippen LogP contribution in [0.2, 0.25) is 0 Å². The topological polar surface area (TPSA) is 107 Å². The average Bonchev–Trinajstić information content (AvgIpc) is 2.88. The standard InChI is InChI=1S/C12H15N3O4.ClH/c13-7-10-4-5-11(19-10)12(16)14-8-2-1-3-9(6-8)15(17)18;/h1-3,6,10-11H,4-5,7,13H2,(H,14,16);1H/t10-,11+;/m1./s1. The maximum absolute atomic E-state index is 11.9. The van der Waals surface area contributed by atoms with Gasteiger partial charge >= 0.3 is 0 Å².